The molecule has 4 heteroatoms. The monoisotopic (exact) mass is 256 g/mol. The third-order valence-corrected chi connectivity index (χ3v) is 3.40. The summed E-state index contributed by atoms with van der Waals surface area (Å²) in [6.07, 6.45) is 1.09. The van der Waals surface area contributed by atoms with Gasteiger partial charge in [-0.25, -0.2) is 4.39 Å². The van der Waals surface area contributed by atoms with E-state index in [9.17, 15) is 4.39 Å². The predicted molar refractivity (Wildman–Crippen MR) is 70.1 cm³/mol. The number of nitrogens with zero attached hydrogens (tertiary/aromatic N) is 1. The maximum absolute atomic E-state index is 13.2. The highest BCUT2D eigenvalue weighted by atomic mass is 35.5. The van der Waals surface area contributed by atoms with Crippen LogP contribution in [0.1, 0.15) is 20.3 Å². The van der Waals surface area contributed by atoms with Gasteiger partial charge >= 0.3 is 0 Å². The van der Waals surface area contributed by atoms with Crippen LogP contribution in [0, 0.1) is 5.82 Å². The average Bonchev–Trinajstić information content (AvgIpc) is 2.64. The van der Waals surface area contributed by atoms with Crippen LogP contribution in [0.15, 0.2) is 18.2 Å². The molecule has 1 unspecified atom stereocenters. The molecule has 0 aromatic heterocycles. The van der Waals surface area contributed by atoms with Crippen molar-refractivity contribution in [3.05, 3.63) is 29.0 Å². The topological polar surface area (TPSA) is 15.3 Å². The summed E-state index contributed by atoms with van der Waals surface area (Å²) in [6, 6.07) is 5.53. The van der Waals surface area contributed by atoms with Crippen molar-refractivity contribution >= 4 is 17.3 Å². The molecule has 1 heterocycles. The molecule has 2 rings (SSSR count). The Morgan fingerprint density at radius 1 is 1.41 bits per heavy atom. The van der Waals surface area contributed by atoms with Gasteiger partial charge in [-0.15, -0.1) is 0 Å². The standard InChI is InChI=1S/C13H18ClFN2/c1-9(2)17-4-3-12(8-17)16-13-6-10(14)5-11(15)7-13/h5-7,9,12,16H,3-4,8H2,1-2H3. The minimum Gasteiger partial charge on any atom is -0.381 e. The van der Waals surface area contributed by atoms with Gasteiger partial charge in [0.25, 0.3) is 0 Å². The van der Waals surface area contributed by atoms with Gasteiger partial charge in [-0.2, -0.15) is 0 Å². The van der Waals surface area contributed by atoms with Gasteiger partial charge in [0.2, 0.25) is 0 Å². The number of benzene rings is 1. The van der Waals surface area contributed by atoms with Crippen LogP contribution in [0.25, 0.3) is 0 Å². The van der Waals surface area contributed by atoms with E-state index in [2.05, 4.69) is 24.1 Å². The van der Waals surface area contributed by atoms with E-state index in [4.69, 9.17) is 11.6 Å². The zero-order valence-corrected chi connectivity index (χ0v) is 11.0. The highest BCUT2D eigenvalue weighted by Gasteiger charge is 2.23. The van der Waals surface area contributed by atoms with Crippen LogP contribution in [0.2, 0.25) is 5.02 Å². The molecule has 1 aliphatic rings. The molecule has 0 spiro atoms. The number of rotatable bonds is 3. The molecule has 1 fully saturated rings. The zero-order chi connectivity index (χ0) is 12.4. The molecule has 1 aliphatic heterocycles. The number of hydrogen-bond acceptors (Lipinski definition) is 2. The third-order valence-electron chi connectivity index (χ3n) is 3.18. The molecule has 0 bridgehead atoms. The summed E-state index contributed by atoms with van der Waals surface area (Å²) in [6.45, 7) is 6.49. The molecule has 0 amide bonds. The van der Waals surface area contributed by atoms with Gasteiger partial charge in [0.15, 0.2) is 0 Å². The fourth-order valence-corrected chi connectivity index (χ4v) is 2.47. The Kier molecular flexibility index (Phi) is 3.89. The molecular weight excluding hydrogens is 239 g/mol. The second-order valence-corrected chi connectivity index (χ2v) is 5.31. The first kappa shape index (κ1) is 12.7. The molecule has 0 saturated carbocycles. The Morgan fingerprint density at radius 2 is 2.18 bits per heavy atom. The van der Waals surface area contributed by atoms with Gasteiger partial charge in [-0.3, -0.25) is 4.90 Å². The fourth-order valence-electron chi connectivity index (χ4n) is 2.25. The third kappa shape index (κ3) is 3.33. The first-order chi connectivity index (χ1) is 8.04. The van der Waals surface area contributed by atoms with Crippen LogP contribution in [-0.4, -0.2) is 30.1 Å². The van der Waals surface area contributed by atoms with Crippen LogP contribution in [0.4, 0.5) is 10.1 Å². The highest BCUT2D eigenvalue weighted by molar-refractivity contribution is 6.30. The SMILES string of the molecule is CC(C)N1CCC(Nc2cc(F)cc(Cl)c2)C1. The van der Waals surface area contributed by atoms with Crippen molar-refractivity contribution in [1.82, 2.24) is 4.90 Å². The zero-order valence-electron chi connectivity index (χ0n) is 10.2. The second-order valence-electron chi connectivity index (χ2n) is 4.88. The molecular formula is C13H18ClFN2. The molecule has 2 nitrogen and oxygen atoms in total. The normalized spacial score (nSPS) is 21.1. The maximum Gasteiger partial charge on any atom is 0.126 e. The molecule has 0 aliphatic carbocycles. The van der Waals surface area contributed by atoms with E-state index < -0.39 is 0 Å². The Hall–Kier alpha value is -0.800. The lowest BCUT2D eigenvalue weighted by Gasteiger charge is -2.20. The average molecular weight is 257 g/mol. The largest absolute Gasteiger partial charge is 0.381 e. The smallest absolute Gasteiger partial charge is 0.126 e. The summed E-state index contributed by atoms with van der Waals surface area (Å²) in [5, 5.41) is 3.78. The van der Waals surface area contributed by atoms with Gasteiger partial charge in [0.05, 0.1) is 0 Å². The van der Waals surface area contributed by atoms with Crippen molar-refractivity contribution < 1.29 is 4.39 Å². The van der Waals surface area contributed by atoms with E-state index in [0.29, 0.717) is 17.1 Å². The lowest BCUT2D eigenvalue weighted by atomic mass is 10.2. The maximum atomic E-state index is 13.2. The first-order valence-electron chi connectivity index (χ1n) is 6.01. The van der Waals surface area contributed by atoms with Crippen molar-refractivity contribution in [2.75, 3.05) is 18.4 Å². The summed E-state index contributed by atoms with van der Waals surface area (Å²) in [4.78, 5) is 2.42. The van der Waals surface area contributed by atoms with Crippen LogP contribution in [0.5, 0.6) is 0 Å². The minimum absolute atomic E-state index is 0.293. The number of likely N-dealkylation sites (tertiary alicyclic amines) is 1. The van der Waals surface area contributed by atoms with Crippen molar-refractivity contribution in [1.29, 1.82) is 0 Å². The molecule has 0 radical (unpaired) electrons. The number of anilines is 1. The van der Waals surface area contributed by atoms with Crippen LogP contribution in [0.3, 0.4) is 0 Å². The molecule has 1 atom stereocenters. The Bertz CT molecular complexity index is 375. The Balaban J connectivity index is 1.98. The lowest BCUT2D eigenvalue weighted by Crippen LogP contribution is -2.31. The molecule has 1 aromatic rings. The van der Waals surface area contributed by atoms with E-state index in [0.717, 1.165) is 25.2 Å². The minimum atomic E-state index is -0.293. The van der Waals surface area contributed by atoms with Gasteiger partial charge in [-0.05, 0) is 38.5 Å². The van der Waals surface area contributed by atoms with E-state index in [1.807, 2.05) is 0 Å². The van der Waals surface area contributed by atoms with Gasteiger partial charge in [-0.1, -0.05) is 11.6 Å². The van der Waals surface area contributed by atoms with E-state index in [1.54, 1.807) is 6.07 Å². The molecule has 1 aromatic carbocycles. The Labute approximate surface area is 107 Å². The van der Waals surface area contributed by atoms with Crippen molar-refractivity contribution in [2.45, 2.75) is 32.4 Å². The second kappa shape index (κ2) is 5.23. The molecule has 94 valence electrons. The number of nitrogens with one attached hydrogen (secondary N) is 1. The van der Waals surface area contributed by atoms with Gasteiger partial charge in [0.1, 0.15) is 5.82 Å². The quantitative estimate of drug-likeness (QED) is 0.892. The highest BCUT2D eigenvalue weighted by Crippen LogP contribution is 2.21. The number of halogens is 2. The van der Waals surface area contributed by atoms with E-state index in [-0.39, 0.29) is 5.82 Å². The summed E-state index contributed by atoms with van der Waals surface area (Å²) in [5.41, 5.74) is 0.769. The van der Waals surface area contributed by atoms with Crippen LogP contribution >= 0.6 is 11.6 Å². The Morgan fingerprint density at radius 3 is 2.76 bits per heavy atom. The molecule has 1 N–H and O–H groups in total. The van der Waals surface area contributed by atoms with E-state index in [1.165, 1.54) is 12.1 Å². The molecule has 17 heavy (non-hydrogen) atoms. The van der Waals surface area contributed by atoms with Crippen molar-refractivity contribution in [2.24, 2.45) is 0 Å². The van der Waals surface area contributed by atoms with Gasteiger partial charge < -0.3 is 5.32 Å². The van der Waals surface area contributed by atoms with Gasteiger partial charge in [0, 0.05) is 35.9 Å². The summed E-state index contributed by atoms with van der Waals surface area (Å²) >= 11 is 5.82. The predicted octanol–water partition coefficient (Wildman–Crippen LogP) is 3.37. The summed E-state index contributed by atoms with van der Waals surface area (Å²) in [5.74, 6) is -0.293. The van der Waals surface area contributed by atoms with Crippen LogP contribution < -0.4 is 5.32 Å². The summed E-state index contributed by atoms with van der Waals surface area (Å²) in [7, 11) is 0. The summed E-state index contributed by atoms with van der Waals surface area (Å²) < 4.78 is 13.2. The lowest BCUT2D eigenvalue weighted by molar-refractivity contribution is 0.274. The number of hydrogen-bond donors (Lipinski definition) is 1. The van der Waals surface area contributed by atoms with Crippen LogP contribution in [-0.2, 0) is 0 Å². The fraction of sp³-hybridized carbons (Fsp3) is 0.538. The molecule has 1 saturated heterocycles. The van der Waals surface area contributed by atoms with Crippen molar-refractivity contribution in [3.8, 4) is 0 Å². The van der Waals surface area contributed by atoms with E-state index >= 15 is 0 Å². The first-order valence-corrected chi connectivity index (χ1v) is 6.39. The van der Waals surface area contributed by atoms with Crippen molar-refractivity contribution in [3.63, 3.8) is 0 Å².